The zero-order valence-corrected chi connectivity index (χ0v) is 21.9. The number of nitrogens with two attached hydrogens (primary N) is 1. The number of benzene rings is 3. The lowest BCUT2D eigenvalue weighted by Crippen LogP contribution is -2.31. The lowest BCUT2D eigenvalue weighted by atomic mass is 9.92. The van der Waals surface area contributed by atoms with E-state index in [1.54, 1.807) is 26.0 Å². The fraction of sp³-hybridized carbons (Fsp3) is 0.107. The Balaban J connectivity index is 1.57. The smallest absolute Gasteiger partial charge is 0.416 e. The normalized spacial score (nSPS) is 11.9. The van der Waals surface area contributed by atoms with Crippen molar-refractivity contribution < 1.29 is 22.7 Å². The van der Waals surface area contributed by atoms with E-state index in [2.05, 4.69) is 20.1 Å². The van der Waals surface area contributed by atoms with Crippen LogP contribution in [-0.2, 0) is 19.3 Å². The molecule has 0 saturated carbocycles. The molecular weight excluding hydrogens is 553 g/mol. The molecule has 3 heterocycles. The Labute approximate surface area is 235 Å². The van der Waals surface area contributed by atoms with E-state index in [0.717, 1.165) is 18.2 Å². The molecule has 0 bridgehead atoms. The summed E-state index contributed by atoms with van der Waals surface area (Å²) in [7, 11) is 1.72. The van der Waals surface area contributed by atoms with E-state index in [1.165, 1.54) is 39.8 Å². The number of anilines is 1. The molecule has 0 spiro atoms. The van der Waals surface area contributed by atoms with Crippen molar-refractivity contribution in [1.82, 2.24) is 29.3 Å². The molecule has 0 unspecified atom stereocenters. The van der Waals surface area contributed by atoms with Gasteiger partial charge in [0.2, 0.25) is 0 Å². The number of alkyl halides is 3. The molecule has 210 valence electrons. The number of aromatic nitrogens is 6. The minimum Gasteiger partial charge on any atom is -0.508 e. The molecule has 6 rings (SSSR count). The predicted molar refractivity (Wildman–Crippen MR) is 151 cm³/mol. The van der Waals surface area contributed by atoms with Gasteiger partial charge >= 0.3 is 6.18 Å². The summed E-state index contributed by atoms with van der Waals surface area (Å²) in [5.74, 6) is -0.924. The van der Waals surface area contributed by atoms with E-state index in [9.17, 15) is 27.5 Å². The molecule has 0 atom stereocenters. The van der Waals surface area contributed by atoms with E-state index in [0.29, 0.717) is 11.0 Å². The van der Waals surface area contributed by atoms with Crippen LogP contribution in [0.4, 0.5) is 23.4 Å². The van der Waals surface area contributed by atoms with Gasteiger partial charge in [0.05, 0.1) is 28.4 Å². The Morgan fingerprint density at radius 1 is 0.976 bits per heavy atom. The van der Waals surface area contributed by atoms with Crippen molar-refractivity contribution in [1.29, 1.82) is 0 Å². The highest BCUT2D eigenvalue weighted by Crippen LogP contribution is 2.34. The Kier molecular flexibility index (Phi) is 6.40. The number of phenolic OH excluding ortho intramolecular Hbond substituents is 1. The number of aromatic hydroxyl groups is 1. The van der Waals surface area contributed by atoms with Gasteiger partial charge in [0, 0.05) is 11.6 Å². The summed E-state index contributed by atoms with van der Waals surface area (Å²) in [5.41, 5.74) is 6.17. The third-order valence-electron chi connectivity index (χ3n) is 6.93. The van der Waals surface area contributed by atoms with Gasteiger partial charge in [0.15, 0.2) is 5.65 Å². The maximum absolute atomic E-state index is 14.2. The SMILES string of the molecule is Bc1cccc2nc(Cn3nc(-c4cc(O)cc(F)c4)c4c(N)ncnc43)n(Cc3ccccc3C(F)(F)F)c(=O)c12. The van der Waals surface area contributed by atoms with Crippen molar-refractivity contribution in [3.8, 4) is 17.0 Å². The van der Waals surface area contributed by atoms with Crippen molar-refractivity contribution in [3.63, 3.8) is 0 Å². The van der Waals surface area contributed by atoms with Crippen LogP contribution in [0.15, 0.2) is 71.8 Å². The van der Waals surface area contributed by atoms with Gasteiger partial charge in [0.1, 0.15) is 49.6 Å². The molecule has 0 aliphatic heterocycles. The molecule has 9 nitrogen and oxygen atoms in total. The monoisotopic (exact) mass is 573 g/mol. The highest BCUT2D eigenvalue weighted by atomic mass is 19.4. The summed E-state index contributed by atoms with van der Waals surface area (Å²) >= 11 is 0. The standard InChI is InChI=1S/C28H20BF4N7O2/c29-19-6-3-7-20-22(19)27(42)39(11-14-4-1-2-5-18(14)28(31,32)33)21(37-20)12-40-26-23(25(34)35-13-36-26)24(38-40)15-8-16(30)10-17(41)9-15/h1-10,13,41H,11-12,29H2,(H2,34,35,36). The summed E-state index contributed by atoms with van der Waals surface area (Å²) in [4.78, 5) is 26.8. The van der Waals surface area contributed by atoms with Crippen LogP contribution in [0.2, 0.25) is 0 Å². The van der Waals surface area contributed by atoms with Crippen LogP contribution in [-0.4, -0.2) is 42.3 Å². The second-order valence-electron chi connectivity index (χ2n) is 9.71. The number of hydrogen-bond donors (Lipinski definition) is 2. The molecule has 0 aliphatic rings. The predicted octanol–water partition coefficient (Wildman–Crippen LogP) is 3.00. The Morgan fingerprint density at radius 3 is 2.52 bits per heavy atom. The minimum atomic E-state index is -4.64. The first-order valence-electron chi connectivity index (χ1n) is 12.6. The number of rotatable bonds is 5. The molecule has 0 aliphatic carbocycles. The molecule has 6 aromatic rings. The van der Waals surface area contributed by atoms with Gasteiger partial charge in [-0.15, -0.1) is 0 Å². The van der Waals surface area contributed by atoms with Gasteiger partial charge in [-0.1, -0.05) is 35.8 Å². The Hall–Kier alpha value is -5.27. The van der Waals surface area contributed by atoms with Crippen LogP contribution in [0.25, 0.3) is 33.2 Å². The van der Waals surface area contributed by atoms with Crippen molar-refractivity contribution in [2.24, 2.45) is 0 Å². The van der Waals surface area contributed by atoms with E-state index in [1.807, 2.05) is 0 Å². The van der Waals surface area contributed by atoms with Crippen LogP contribution < -0.4 is 16.8 Å². The highest BCUT2D eigenvalue weighted by molar-refractivity contribution is 6.38. The first-order chi connectivity index (χ1) is 20.0. The first kappa shape index (κ1) is 26.9. The lowest BCUT2D eigenvalue weighted by molar-refractivity contribution is -0.138. The Bertz CT molecular complexity index is 2050. The quantitative estimate of drug-likeness (QED) is 0.240. The molecule has 0 radical (unpaired) electrons. The lowest BCUT2D eigenvalue weighted by Gasteiger charge is -2.18. The van der Waals surface area contributed by atoms with Gasteiger partial charge < -0.3 is 10.8 Å². The van der Waals surface area contributed by atoms with Crippen molar-refractivity contribution in [2.45, 2.75) is 19.3 Å². The largest absolute Gasteiger partial charge is 0.508 e. The number of nitrogens with zero attached hydrogens (tertiary/aromatic N) is 6. The number of nitrogen functional groups attached to an aromatic ring is 1. The van der Waals surface area contributed by atoms with E-state index in [-0.39, 0.29) is 57.2 Å². The Morgan fingerprint density at radius 2 is 1.76 bits per heavy atom. The topological polar surface area (TPSA) is 125 Å². The number of halogens is 4. The zero-order valence-electron chi connectivity index (χ0n) is 21.9. The highest BCUT2D eigenvalue weighted by Gasteiger charge is 2.33. The zero-order chi connectivity index (χ0) is 29.8. The van der Waals surface area contributed by atoms with Crippen LogP contribution in [0.3, 0.4) is 0 Å². The summed E-state index contributed by atoms with van der Waals surface area (Å²) in [6.07, 6.45) is -3.44. The summed E-state index contributed by atoms with van der Waals surface area (Å²) < 4.78 is 58.3. The van der Waals surface area contributed by atoms with E-state index in [4.69, 9.17) is 5.73 Å². The first-order valence-corrected chi connectivity index (χ1v) is 12.6. The number of phenols is 1. The van der Waals surface area contributed by atoms with Crippen molar-refractivity contribution >= 4 is 41.1 Å². The van der Waals surface area contributed by atoms with Gasteiger partial charge in [0.25, 0.3) is 5.56 Å². The second-order valence-corrected chi connectivity index (χ2v) is 9.71. The average molecular weight is 573 g/mol. The fourth-order valence-corrected chi connectivity index (χ4v) is 5.05. The van der Waals surface area contributed by atoms with E-state index >= 15 is 0 Å². The molecule has 0 fully saturated rings. The van der Waals surface area contributed by atoms with Gasteiger partial charge in [-0.2, -0.15) is 18.3 Å². The average Bonchev–Trinajstić information content (AvgIpc) is 3.29. The van der Waals surface area contributed by atoms with Crippen molar-refractivity contribution in [3.05, 3.63) is 100 Å². The van der Waals surface area contributed by atoms with Crippen molar-refractivity contribution in [2.75, 3.05) is 5.73 Å². The second kappa shape index (κ2) is 9.98. The van der Waals surface area contributed by atoms with Crippen LogP contribution >= 0.6 is 0 Å². The minimum absolute atomic E-state index is 0.0311. The maximum Gasteiger partial charge on any atom is 0.416 e. The molecule has 0 amide bonds. The number of fused-ring (bicyclic) bond motifs is 2. The molecule has 3 aromatic carbocycles. The summed E-state index contributed by atoms with van der Waals surface area (Å²) in [5, 5.41) is 15.1. The maximum atomic E-state index is 14.2. The summed E-state index contributed by atoms with van der Waals surface area (Å²) in [6, 6.07) is 13.5. The van der Waals surface area contributed by atoms with E-state index < -0.39 is 29.7 Å². The third kappa shape index (κ3) is 4.70. The third-order valence-corrected chi connectivity index (χ3v) is 6.93. The van der Waals surface area contributed by atoms with Crippen LogP contribution in [0.1, 0.15) is 17.0 Å². The molecular formula is C28H20BF4N7O2. The fourth-order valence-electron chi connectivity index (χ4n) is 5.05. The molecule has 3 N–H and O–H groups in total. The summed E-state index contributed by atoms with van der Waals surface area (Å²) in [6.45, 7) is -0.621. The molecule has 42 heavy (non-hydrogen) atoms. The molecule has 3 aromatic heterocycles. The van der Waals surface area contributed by atoms with Gasteiger partial charge in [-0.3, -0.25) is 9.36 Å². The molecule has 14 heteroatoms. The number of hydrogen-bond acceptors (Lipinski definition) is 7. The van der Waals surface area contributed by atoms with Gasteiger partial charge in [-0.05, 0) is 29.8 Å². The molecule has 0 saturated heterocycles. The van der Waals surface area contributed by atoms with Crippen LogP contribution in [0.5, 0.6) is 5.75 Å². The van der Waals surface area contributed by atoms with Crippen LogP contribution in [0, 0.1) is 5.82 Å². The van der Waals surface area contributed by atoms with Gasteiger partial charge in [-0.25, -0.2) is 24.0 Å².